The third kappa shape index (κ3) is 4.93. The average Bonchev–Trinajstić information content (AvgIpc) is 3.53. The lowest BCUT2D eigenvalue weighted by atomic mass is 9.70. The zero-order valence-electron chi connectivity index (χ0n) is 23.6. The lowest BCUT2D eigenvalue weighted by Gasteiger charge is -2.40. The molecule has 1 aromatic carbocycles. The number of aliphatic hydroxyl groups excluding tert-OH is 1. The van der Waals surface area contributed by atoms with Crippen molar-refractivity contribution in [2.24, 2.45) is 17.8 Å². The van der Waals surface area contributed by atoms with E-state index >= 15 is 0 Å². The number of hydrogen-bond acceptors (Lipinski definition) is 6. The number of aryl methyl sites for hydroxylation is 2. The smallest absolute Gasteiger partial charge is 0.312 e. The minimum absolute atomic E-state index is 0.170. The van der Waals surface area contributed by atoms with Crippen LogP contribution in [0.15, 0.2) is 43.5 Å². The number of carbonyl (C=O) groups excluding carboxylic acids is 3. The van der Waals surface area contributed by atoms with Crippen LogP contribution < -0.4 is 4.90 Å². The summed E-state index contributed by atoms with van der Waals surface area (Å²) in [5.41, 5.74) is 1.46. The Bertz CT molecular complexity index is 1110. The van der Waals surface area contributed by atoms with E-state index in [1.165, 1.54) is 0 Å². The lowest BCUT2D eigenvalue weighted by Crippen LogP contribution is -2.59. The fourth-order valence-corrected chi connectivity index (χ4v) is 6.99. The van der Waals surface area contributed by atoms with Crippen molar-refractivity contribution in [2.75, 3.05) is 24.7 Å². The van der Waals surface area contributed by atoms with Gasteiger partial charge in [-0.1, -0.05) is 44.2 Å². The molecule has 6 atom stereocenters. The van der Waals surface area contributed by atoms with Crippen LogP contribution in [0.2, 0.25) is 0 Å². The number of nitrogens with zero attached hydrogens (tertiary/aromatic N) is 2. The van der Waals surface area contributed by atoms with Gasteiger partial charge >= 0.3 is 5.97 Å². The highest BCUT2D eigenvalue weighted by Crippen LogP contribution is 2.59. The van der Waals surface area contributed by atoms with E-state index in [1.807, 2.05) is 45.9 Å². The number of hydrogen-bond donors (Lipinski definition) is 1. The molecule has 2 bridgehead atoms. The summed E-state index contributed by atoms with van der Waals surface area (Å²) in [5.74, 6) is -2.54. The predicted molar refractivity (Wildman–Crippen MR) is 149 cm³/mol. The van der Waals surface area contributed by atoms with E-state index in [9.17, 15) is 19.5 Å². The second-order valence-electron chi connectivity index (χ2n) is 11.5. The molecular weight excluding hydrogens is 496 g/mol. The van der Waals surface area contributed by atoms with Gasteiger partial charge < -0.3 is 24.4 Å². The molecule has 8 heteroatoms. The van der Waals surface area contributed by atoms with Crippen LogP contribution in [0.1, 0.15) is 50.7 Å². The first-order valence-electron chi connectivity index (χ1n) is 14.0. The molecule has 0 radical (unpaired) electrons. The first-order chi connectivity index (χ1) is 18.6. The third-order valence-corrected chi connectivity index (χ3v) is 8.45. The van der Waals surface area contributed by atoms with E-state index in [-0.39, 0.29) is 37.5 Å². The van der Waals surface area contributed by atoms with Gasteiger partial charge in [-0.15, -0.1) is 13.2 Å². The summed E-state index contributed by atoms with van der Waals surface area (Å²) in [6.45, 7) is 15.6. The van der Waals surface area contributed by atoms with Gasteiger partial charge in [0.25, 0.3) is 5.91 Å². The van der Waals surface area contributed by atoms with Crippen LogP contribution in [0.3, 0.4) is 0 Å². The van der Waals surface area contributed by atoms with E-state index in [1.54, 1.807) is 22.0 Å². The molecule has 39 heavy (non-hydrogen) atoms. The molecule has 3 aliphatic rings. The van der Waals surface area contributed by atoms with Crippen LogP contribution in [0.25, 0.3) is 0 Å². The Morgan fingerprint density at radius 1 is 1.26 bits per heavy atom. The minimum atomic E-state index is -1.17. The third-order valence-electron chi connectivity index (χ3n) is 8.45. The minimum Gasteiger partial charge on any atom is -0.465 e. The second kappa shape index (κ2) is 11.6. The largest absolute Gasteiger partial charge is 0.465 e. The Hall–Kier alpha value is -2.97. The van der Waals surface area contributed by atoms with Gasteiger partial charge in [-0.3, -0.25) is 14.4 Å². The Morgan fingerprint density at radius 3 is 2.54 bits per heavy atom. The van der Waals surface area contributed by atoms with Crippen molar-refractivity contribution in [1.29, 1.82) is 0 Å². The van der Waals surface area contributed by atoms with Crippen LogP contribution in [0.4, 0.5) is 5.69 Å². The highest BCUT2D eigenvalue weighted by molar-refractivity contribution is 6.05. The van der Waals surface area contributed by atoms with Crippen molar-refractivity contribution in [3.8, 4) is 0 Å². The number of likely N-dealkylation sites (tertiary alicyclic amines) is 1. The quantitative estimate of drug-likeness (QED) is 0.248. The first-order valence-corrected chi connectivity index (χ1v) is 14.0. The fourth-order valence-electron chi connectivity index (χ4n) is 6.99. The van der Waals surface area contributed by atoms with Gasteiger partial charge in [0.2, 0.25) is 5.91 Å². The number of fused-ring (bicyclic) bond motifs is 1. The summed E-state index contributed by atoms with van der Waals surface area (Å²) < 4.78 is 12.1. The molecule has 1 spiro atoms. The summed E-state index contributed by atoms with van der Waals surface area (Å²) in [6, 6.07) is 4.27. The molecule has 8 nitrogen and oxygen atoms in total. The van der Waals surface area contributed by atoms with Crippen LogP contribution in [-0.4, -0.2) is 71.3 Å². The SMILES string of the molecule is C=CCCOC(=O)[C@@H]1[C@H]2C(=O)N([C@@H](CO)CC(C)C)C(C(=O)N(CC=C)c3c(C)cccc3C)C23CC[C@H]1O3. The summed E-state index contributed by atoms with van der Waals surface area (Å²) in [4.78, 5) is 45.5. The maximum Gasteiger partial charge on any atom is 0.312 e. The van der Waals surface area contributed by atoms with Crippen LogP contribution in [0.5, 0.6) is 0 Å². The number of benzene rings is 1. The summed E-state index contributed by atoms with van der Waals surface area (Å²) >= 11 is 0. The van der Waals surface area contributed by atoms with E-state index in [0.717, 1.165) is 16.8 Å². The van der Waals surface area contributed by atoms with Crippen molar-refractivity contribution < 1.29 is 29.0 Å². The lowest BCUT2D eigenvalue weighted by molar-refractivity contribution is -0.155. The van der Waals surface area contributed by atoms with Gasteiger partial charge in [-0.05, 0) is 56.6 Å². The maximum absolute atomic E-state index is 14.7. The summed E-state index contributed by atoms with van der Waals surface area (Å²) in [7, 11) is 0. The highest BCUT2D eigenvalue weighted by atomic mass is 16.6. The van der Waals surface area contributed by atoms with E-state index < -0.39 is 41.6 Å². The number of para-hydroxylation sites is 1. The van der Waals surface area contributed by atoms with E-state index in [0.29, 0.717) is 25.7 Å². The Morgan fingerprint density at radius 2 is 1.95 bits per heavy atom. The molecule has 0 saturated carbocycles. The molecule has 3 fully saturated rings. The van der Waals surface area contributed by atoms with Gasteiger partial charge in [-0.2, -0.15) is 0 Å². The van der Waals surface area contributed by atoms with Crippen LogP contribution in [0, 0.1) is 31.6 Å². The Balaban J connectivity index is 1.82. The molecular formula is C31H42N2O6. The van der Waals surface area contributed by atoms with Crippen molar-refractivity contribution in [3.05, 3.63) is 54.6 Å². The fraction of sp³-hybridized carbons (Fsp3) is 0.581. The van der Waals surface area contributed by atoms with Gasteiger partial charge in [0.05, 0.1) is 37.2 Å². The first kappa shape index (κ1) is 29.0. The monoisotopic (exact) mass is 538 g/mol. The van der Waals surface area contributed by atoms with Crippen molar-refractivity contribution in [1.82, 2.24) is 4.90 Å². The van der Waals surface area contributed by atoms with E-state index in [4.69, 9.17) is 9.47 Å². The highest BCUT2D eigenvalue weighted by Gasteiger charge is 2.75. The van der Waals surface area contributed by atoms with Gasteiger partial charge in [0.15, 0.2) is 0 Å². The summed E-state index contributed by atoms with van der Waals surface area (Å²) in [6.07, 6.45) is 4.91. The normalized spacial score (nSPS) is 27.9. The number of ether oxygens (including phenoxy) is 2. The topological polar surface area (TPSA) is 96.4 Å². The van der Waals surface area contributed by atoms with Gasteiger partial charge in [0.1, 0.15) is 11.6 Å². The molecule has 3 heterocycles. The number of aliphatic hydroxyl groups is 1. The zero-order valence-corrected chi connectivity index (χ0v) is 23.6. The average molecular weight is 539 g/mol. The number of amides is 2. The van der Waals surface area contributed by atoms with Gasteiger partial charge in [-0.25, -0.2) is 0 Å². The second-order valence-corrected chi connectivity index (χ2v) is 11.5. The molecule has 212 valence electrons. The van der Waals surface area contributed by atoms with Crippen molar-refractivity contribution in [2.45, 2.75) is 77.2 Å². The molecule has 0 aromatic heterocycles. The van der Waals surface area contributed by atoms with Gasteiger partial charge in [0, 0.05) is 12.2 Å². The van der Waals surface area contributed by atoms with Crippen LogP contribution >= 0.6 is 0 Å². The number of anilines is 1. The standard InChI is InChI=1S/C31H42N2O6/c1-7-9-16-38-30(37)24-23-13-14-31(39-23)25(24)28(35)33(22(18-34)17-19(3)4)27(31)29(36)32(15-8-2)26-20(5)11-10-12-21(26)6/h7-8,10-12,19,22-25,27,34H,1-2,9,13-18H2,3-6H3/t22-,23-,24+,25+,27?,31?/m1/s1. The maximum atomic E-state index is 14.7. The molecule has 0 aliphatic carbocycles. The van der Waals surface area contributed by atoms with Crippen molar-refractivity contribution >= 4 is 23.5 Å². The van der Waals surface area contributed by atoms with Crippen LogP contribution in [-0.2, 0) is 23.9 Å². The molecule has 4 rings (SSSR count). The Kier molecular flexibility index (Phi) is 8.66. The predicted octanol–water partition coefficient (Wildman–Crippen LogP) is 3.72. The molecule has 2 unspecified atom stereocenters. The molecule has 1 aromatic rings. The molecule has 3 aliphatic heterocycles. The summed E-state index contributed by atoms with van der Waals surface area (Å²) in [5, 5.41) is 10.5. The molecule has 1 N–H and O–H groups in total. The molecule has 2 amide bonds. The van der Waals surface area contributed by atoms with Crippen molar-refractivity contribution in [3.63, 3.8) is 0 Å². The number of esters is 1. The Labute approximate surface area is 231 Å². The zero-order chi connectivity index (χ0) is 28.5. The van der Waals surface area contributed by atoms with E-state index in [2.05, 4.69) is 13.2 Å². The molecule has 3 saturated heterocycles. The number of carbonyl (C=O) groups is 3. The number of rotatable bonds is 12.